The van der Waals surface area contributed by atoms with Crippen molar-refractivity contribution in [3.63, 3.8) is 0 Å². The lowest BCUT2D eigenvalue weighted by Gasteiger charge is -2.12. The largest absolute Gasteiger partial charge is 0.391 e. The van der Waals surface area contributed by atoms with Crippen molar-refractivity contribution < 1.29 is 18.7 Å². The van der Waals surface area contributed by atoms with E-state index in [-0.39, 0.29) is 5.31 Å². The fourth-order valence-electron chi connectivity index (χ4n) is 0.534. The molecule has 0 saturated heterocycles. The third-order valence-electron chi connectivity index (χ3n) is 1.17. The molecule has 0 aliphatic rings. The molecule has 0 heterocycles. The molecule has 5 heteroatoms. The molecule has 0 unspecified atom stereocenters. The molecule has 1 N–H and O–H groups in total. The van der Waals surface area contributed by atoms with Crippen LogP contribution < -0.4 is 0 Å². The van der Waals surface area contributed by atoms with E-state index in [0.717, 1.165) is 0 Å². The zero-order chi connectivity index (χ0) is 8.91. The summed E-state index contributed by atoms with van der Waals surface area (Å²) < 4.78 is 20.5. The van der Waals surface area contributed by atoms with E-state index < -0.39 is 14.2 Å². The molecule has 4 nitrogen and oxygen atoms in total. The van der Waals surface area contributed by atoms with Gasteiger partial charge in [0.1, 0.15) is 5.31 Å². The van der Waals surface area contributed by atoms with Gasteiger partial charge in [-0.05, 0) is 0 Å². The smallest absolute Gasteiger partial charge is 0.366 e. The van der Waals surface area contributed by atoms with Gasteiger partial charge >= 0.3 is 7.60 Å². The van der Waals surface area contributed by atoms with Gasteiger partial charge in [0, 0.05) is 14.2 Å². The van der Waals surface area contributed by atoms with Gasteiger partial charge in [0.25, 0.3) is 0 Å². The summed E-state index contributed by atoms with van der Waals surface area (Å²) in [5.74, 6) is 0. The maximum absolute atomic E-state index is 11.4. The van der Waals surface area contributed by atoms with Gasteiger partial charge in [0.05, 0.1) is 6.61 Å². The maximum atomic E-state index is 11.4. The summed E-state index contributed by atoms with van der Waals surface area (Å²) in [4.78, 5) is 0. The van der Waals surface area contributed by atoms with Crippen LogP contribution in [-0.2, 0) is 13.6 Å². The second-order valence-electron chi connectivity index (χ2n) is 1.64. The number of aliphatic hydroxyl groups excluding tert-OH is 1. The number of rotatable bonds is 4. The van der Waals surface area contributed by atoms with Crippen LogP contribution in [0.25, 0.3) is 0 Å². The summed E-state index contributed by atoms with van der Waals surface area (Å²) in [5.41, 5.74) is 2.30. The van der Waals surface area contributed by atoms with E-state index >= 15 is 0 Å². The Balaban J connectivity index is 4.77. The lowest BCUT2D eigenvalue weighted by molar-refractivity contribution is 0.270. The van der Waals surface area contributed by atoms with Crippen molar-refractivity contribution in [3.8, 4) is 0 Å². The molecule has 0 saturated carbocycles. The lowest BCUT2D eigenvalue weighted by Crippen LogP contribution is -1.95. The third kappa shape index (κ3) is 2.29. The Morgan fingerprint density at radius 2 is 2.09 bits per heavy atom. The third-order valence-corrected chi connectivity index (χ3v) is 3.09. The van der Waals surface area contributed by atoms with Gasteiger partial charge in [-0.1, -0.05) is 6.58 Å². The van der Waals surface area contributed by atoms with Gasteiger partial charge in [-0.3, -0.25) is 4.57 Å². The molecule has 0 spiro atoms. The second-order valence-corrected chi connectivity index (χ2v) is 3.91. The minimum atomic E-state index is -3.30. The van der Waals surface area contributed by atoms with E-state index in [4.69, 9.17) is 5.11 Å². The van der Waals surface area contributed by atoms with Crippen LogP contribution in [0, 0.1) is 0 Å². The number of hydrogen-bond acceptors (Lipinski definition) is 4. The molecular weight excluding hydrogens is 167 g/mol. The van der Waals surface area contributed by atoms with Crippen molar-refractivity contribution in [2.75, 3.05) is 20.8 Å². The predicted octanol–water partition coefficient (Wildman–Crippen LogP) is 1.13. The highest BCUT2D eigenvalue weighted by atomic mass is 31.2. The van der Waals surface area contributed by atoms with Crippen molar-refractivity contribution in [1.29, 1.82) is 0 Å². The van der Waals surface area contributed by atoms with E-state index in [9.17, 15) is 4.57 Å². The molecule has 0 aromatic rings. The zero-order valence-corrected chi connectivity index (χ0v) is 7.43. The molecule has 0 aromatic heterocycles. The van der Waals surface area contributed by atoms with Crippen molar-refractivity contribution in [2.45, 2.75) is 0 Å². The van der Waals surface area contributed by atoms with Crippen LogP contribution in [-0.4, -0.2) is 25.9 Å². The SMILES string of the molecule is C=C=C(CO)P(=O)(OC)OC. The minimum absolute atomic E-state index is 0.0440. The highest BCUT2D eigenvalue weighted by molar-refractivity contribution is 7.58. The Morgan fingerprint density at radius 1 is 1.64 bits per heavy atom. The zero-order valence-electron chi connectivity index (χ0n) is 6.53. The lowest BCUT2D eigenvalue weighted by atomic mass is 10.6. The first-order valence-electron chi connectivity index (χ1n) is 2.86. The molecule has 11 heavy (non-hydrogen) atoms. The van der Waals surface area contributed by atoms with Crippen LogP contribution >= 0.6 is 7.60 Å². The molecule has 0 rings (SSSR count). The molecule has 64 valence electrons. The van der Waals surface area contributed by atoms with E-state index in [2.05, 4.69) is 21.4 Å². The van der Waals surface area contributed by atoms with Crippen molar-refractivity contribution >= 4 is 7.60 Å². The van der Waals surface area contributed by atoms with E-state index in [1.807, 2.05) is 0 Å². The minimum Gasteiger partial charge on any atom is -0.391 e. The first-order valence-corrected chi connectivity index (χ1v) is 4.40. The highest BCUT2D eigenvalue weighted by Gasteiger charge is 2.26. The van der Waals surface area contributed by atoms with Crippen LogP contribution in [0.3, 0.4) is 0 Å². The van der Waals surface area contributed by atoms with E-state index in [1.165, 1.54) is 14.2 Å². The molecule has 0 aromatic carbocycles. The first-order chi connectivity index (χ1) is 5.14. The predicted molar refractivity (Wildman–Crippen MR) is 41.4 cm³/mol. The average molecular weight is 178 g/mol. The molecule has 0 bridgehead atoms. The van der Waals surface area contributed by atoms with E-state index in [0.29, 0.717) is 0 Å². The van der Waals surface area contributed by atoms with Crippen LogP contribution in [0.1, 0.15) is 0 Å². The van der Waals surface area contributed by atoms with Crippen LogP contribution in [0.5, 0.6) is 0 Å². The fourth-order valence-corrected chi connectivity index (χ4v) is 1.49. The monoisotopic (exact) mass is 178 g/mol. The Morgan fingerprint density at radius 3 is 2.18 bits per heavy atom. The number of aliphatic hydroxyl groups is 1. The summed E-state index contributed by atoms with van der Waals surface area (Å²) in [5, 5.41) is 8.70. The quantitative estimate of drug-likeness (QED) is 0.518. The maximum Gasteiger partial charge on any atom is 0.366 e. The summed E-state index contributed by atoms with van der Waals surface area (Å²) in [6.07, 6.45) is 0. The van der Waals surface area contributed by atoms with Crippen LogP contribution in [0.15, 0.2) is 17.6 Å². The van der Waals surface area contributed by atoms with Gasteiger partial charge in [-0.2, -0.15) is 0 Å². The highest BCUT2D eigenvalue weighted by Crippen LogP contribution is 2.53. The van der Waals surface area contributed by atoms with E-state index in [1.54, 1.807) is 0 Å². The standard InChI is InChI=1S/C6H11O4P/c1-4-6(5-7)11(8,9-2)10-3/h7H,1,5H2,2-3H3. The van der Waals surface area contributed by atoms with Gasteiger partial charge in [0.2, 0.25) is 0 Å². The average Bonchev–Trinajstić information content (AvgIpc) is 2.06. The number of hydrogen-bond donors (Lipinski definition) is 1. The van der Waals surface area contributed by atoms with Crippen LogP contribution in [0.2, 0.25) is 0 Å². The summed E-state index contributed by atoms with van der Waals surface area (Å²) in [6.45, 7) is 2.81. The molecule has 0 amide bonds. The van der Waals surface area contributed by atoms with Gasteiger partial charge in [-0.25, -0.2) is 0 Å². The molecule has 0 fully saturated rings. The fraction of sp³-hybridized carbons (Fsp3) is 0.500. The van der Waals surface area contributed by atoms with Gasteiger partial charge in [0.15, 0.2) is 0 Å². The Hall–Kier alpha value is -0.370. The Kier molecular flexibility index (Phi) is 4.34. The van der Waals surface area contributed by atoms with Crippen molar-refractivity contribution in [3.05, 3.63) is 17.6 Å². The normalized spacial score (nSPS) is 10.8. The van der Waals surface area contributed by atoms with Crippen LogP contribution in [0.4, 0.5) is 0 Å². The Labute approximate surface area is 65.7 Å². The van der Waals surface area contributed by atoms with Gasteiger partial charge in [-0.15, -0.1) is 5.73 Å². The molecule has 0 atom stereocenters. The van der Waals surface area contributed by atoms with Crippen molar-refractivity contribution in [2.24, 2.45) is 0 Å². The molecular formula is C6H11O4P. The summed E-state index contributed by atoms with van der Waals surface area (Å²) in [7, 11) is -0.831. The van der Waals surface area contributed by atoms with Gasteiger partial charge < -0.3 is 14.2 Å². The molecule has 0 aliphatic heterocycles. The summed E-state index contributed by atoms with van der Waals surface area (Å²) >= 11 is 0. The molecule has 0 aliphatic carbocycles. The second kappa shape index (κ2) is 4.50. The summed E-state index contributed by atoms with van der Waals surface area (Å²) in [6, 6.07) is 0. The Bertz CT molecular complexity index is 209. The van der Waals surface area contributed by atoms with Crippen molar-refractivity contribution in [1.82, 2.24) is 0 Å². The topological polar surface area (TPSA) is 55.8 Å². The molecule has 0 radical (unpaired) electrons. The first kappa shape index (κ1) is 10.6.